The Bertz CT molecular complexity index is 699. The number of H-pyrrole nitrogens is 1. The van der Waals surface area contributed by atoms with Crippen LogP contribution < -0.4 is 5.32 Å². The molecule has 0 aliphatic heterocycles. The van der Waals surface area contributed by atoms with Crippen LogP contribution in [0.2, 0.25) is 0 Å². The van der Waals surface area contributed by atoms with E-state index in [1.54, 1.807) is 0 Å². The molecule has 110 valence electrons. The second-order valence-corrected chi connectivity index (χ2v) is 5.55. The molecule has 0 bridgehead atoms. The van der Waals surface area contributed by atoms with Gasteiger partial charge in [-0.2, -0.15) is 0 Å². The molecule has 1 fully saturated rings. The number of aromatic nitrogens is 1. The van der Waals surface area contributed by atoms with Crippen molar-refractivity contribution >= 4 is 22.8 Å². The predicted molar refractivity (Wildman–Crippen MR) is 79.3 cm³/mol. The zero-order chi connectivity index (χ0) is 15.0. The van der Waals surface area contributed by atoms with Gasteiger partial charge in [0.25, 0.3) is 5.91 Å². The molecule has 0 saturated heterocycles. The molecular weight excluding hydrogens is 268 g/mol. The van der Waals surface area contributed by atoms with Crippen LogP contribution in [0.5, 0.6) is 0 Å². The number of rotatable bonds is 4. The minimum Gasteiger partial charge on any atom is -0.481 e. The molecule has 1 aromatic carbocycles. The number of benzene rings is 1. The molecule has 21 heavy (non-hydrogen) atoms. The smallest absolute Gasteiger partial charge is 0.306 e. The Kier molecular flexibility index (Phi) is 3.41. The van der Waals surface area contributed by atoms with Crippen molar-refractivity contribution in [2.75, 3.05) is 0 Å². The number of aliphatic carboxylic acids is 1. The molecule has 1 amide bonds. The molecule has 1 aliphatic carbocycles. The first kappa shape index (κ1) is 13.7. The molecule has 0 atom stereocenters. The predicted octanol–water partition coefficient (Wildman–Crippen LogP) is 2.32. The molecule has 5 nitrogen and oxygen atoms in total. The van der Waals surface area contributed by atoms with Gasteiger partial charge in [0.05, 0.1) is 5.92 Å². The lowest BCUT2D eigenvalue weighted by molar-refractivity contribution is -0.145. The van der Waals surface area contributed by atoms with Gasteiger partial charge in [0, 0.05) is 16.9 Å². The van der Waals surface area contributed by atoms with E-state index in [-0.39, 0.29) is 17.9 Å². The van der Waals surface area contributed by atoms with Gasteiger partial charge in [-0.1, -0.05) is 25.1 Å². The third kappa shape index (κ3) is 2.39. The number of carboxylic acid groups (broad SMARTS) is 1. The fourth-order valence-corrected chi connectivity index (χ4v) is 2.96. The lowest BCUT2D eigenvalue weighted by Gasteiger charge is -2.32. The highest BCUT2D eigenvalue weighted by Crippen LogP contribution is 2.28. The van der Waals surface area contributed by atoms with Crippen molar-refractivity contribution in [2.24, 2.45) is 5.92 Å². The van der Waals surface area contributed by atoms with E-state index in [1.807, 2.05) is 31.2 Å². The molecule has 1 heterocycles. The van der Waals surface area contributed by atoms with Crippen molar-refractivity contribution < 1.29 is 14.7 Å². The van der Waals surface area contributed by atoms with Gasteiger partial charge in [0.15, 0.2) is 0 Å². The van der Waals surface area contributed by atoms with E-state index in [1.165, 1.54) is 0 Å². The summed E-state index contributed by atoms with van der Waals surface area (Å²) < 4.78 is 0. The second-order valence-electron chi connectivity index (χ2n) is 5.55. The van der Waals surface area contributed by atoms with Gasteiger partial charge in [-0.25, -0.2) is 0 Å². The van der Waals surface area contributed by atoms with Gasteiger partial charge in [-0.05, 0) is 30.9 Å². The van der Waals surface area contributed by atoms with Crippen LogP contribution in [0.4, 0.5) is 0 Å². The average molecular weight is 286 g/mol. The van der Waals surface area contributed by atoms with Crippen molar-refractivity contribution in [3.63, 3.8) is 0 Å². The average Bonchev–Trinajstić information content (AvgIpc) is 2.80. The Hall–Kier alpha value is -2.30. The maximum atomic E-state index is 12.4. The number of carbonyl (C=O) groups is 2. The van der Waals surface area contributed by atoms with Crippen LogP contribution in [0, 0.1) is 5.92 Å². The molecular formula is C16H18N2O3. The van der Waals surface area contributed by atoms with Crippen LogP contribution >= 0.6 is 0 Å². The largest absolute Gasteiger partial charge is 0.481 e. The summed E-state index contributed by atoms with van der Waals surface area (Å²) in [4.78, 5) is 26.3. The quantitative estimate of drug-likeness (QED) is 0.806. The fraction of sp³-hybridized carbons (Fsp3) is 0.375. The van der Waals surface area contributed by atoms with Crippen molar-refractivity contribution in [3.05, 3.63) is 35.5 Å². The van der Waals surface area contributed by atoms with Gasteiger partial charge in [-0.15, -0.1) is 0 Å². The third-order valence-electron chi connectivity index (χ3n) is 4.22. The third-order valence-corrected chi connectivity index (χ3v) is 4.22. The SMILES string of the molecule is CCc1c(C(=O)NC2CC(C(=O)O)C2)[nH]c2ccccc12. The maximum absolute atomic E-state index is 12.4. The number of aromatic amines is 1. The first-order valence-electron chi connectivity index (χ1n) is 7.23. The molecule has 1 saturated carbocycles. The number of fused-ring (bicyclic) bond motifs is 1. The van der Waals surface area contributed by atoms with Gasteiger partial charge < -0.3 is 15.4 Å². The maximum Gasteiger partial charge on any atom is 0.306 e. The summed E-state index contributed by atoms with van der Waals surface area (Å²) in [5.74, 6) is -1.24. The Morgan fingerprint density at radius 2 is 2.05 bits per heavy atom. The minimum atomic E-state index is -0.777. The number of aryl methyl sites for hydroxylation is 1. The first-order valence-corrected chi connectivity index (χ1v) is 7.23. The van der Waals surface area contributed by atoms with Crippen molar-refractivity contribution in [1.82, 2.24) is 10.3 Å². The van der Waals surface area contributed by atoms with Crippen molar-refractivity contribution in [2.45, 2.75) is 32.2 Å². The standard InChI is InChI=1S/C16H18N2O3/c1-2-11-12-5-3-4-6-13(12)18-14(11)15(19)17-10-7-9(8-10)16(20)21/h3-6,9-10,18H,2,7-8H2,1H3,(H,17,19)(H,20,21). The highest BCUT2D eigenvalue weighted by atomic mass is 16.4. The topological polar surface area (TPSA) is 82.2 Å². The van der Waals surface area contributed by atoms with Crippen LogP contribution in [0.25, 0.3) is 10.9 Å². The van der Waals surface area contributed by atoms with E-state index in [4.69, 9.17) is 5.11 Å². The van der Waals surface area contributed by atoms with E-state index in [0.717, 1.165) is 22.9 Å². The summed E-state index contributed by atoms with van der Waals surface area (Å²) >= 11 is 0. The van der Waals surface area contributed by atoms with Crippen LogP contribution in [-0.4, -0.2) is 28.0 Å². The molecule has 1 aromatic heterocycles. The van der Waals surface area contributed by atoms with Gasteiger partial charge in [0.1, 0.15) is 5.69 Å². The molecule has 1 aliphatic rings. The molecule has 0 spiro atoms. The number of amides is 1. The molecule has 5 heteroatoms. The number of carboxylic acids is 1. The van der Waals surface area contributed by atoms with Crippen molar-refractivity contribution in [1.29, 1.82) is 0 Å². The van der Waals surface area contributed by atoms with E-state index in [0.29, 0.717) is 18.5 Å². The summed E-state index contributed by atoms with van der Waals surface area (Å²) in [6, 6.07) is 7.82. The normalized spacial score (nSPS) is 21.0. The Morgan fingerprint density at radius 1 is 1.33 bits per heavy atom. The van der Waals surface area contributed by atoms with Gasteiger partial charge >= 0.3 is 5.97 Å². The lowest BCUT2D eigenvalue weighted by Crippen LogP contribution is -2.46. The zero-order valence-electron chi connectivity index (χ0n) is 11.8. The van der Waals surface area contributed by atoms with Crippen LogP contribution in [0.1, 0.15) is 35.8 Å². The molecule has 3 rings (SSSR count). The monoisotopic (exact) mass is 286 g/mol. The number of hydrogen-bond donors (Lipinski definition) is 3. The molecule has 3 N–H and O–H groups in total. The van der Waals surface area contributed by atoms with Gasteiger partial charge in [-0.3, -0.25) is 9.59 Å². The molecule has 0 radical (unpaired) electrons. The Morgan fingerprint density at radius 3 is 2.71 bits per heavy atom. The summed E-state index contributed by atoms with van der Waals surface area (Å²) in [5, 5.41) is 12.9. The lowest BCUT2D eigenvalue weighted by atomic mass is 9.80. The van der Waals surface area contributed by atoms with Crippen molar-refractivity contribution in [3.8, 4) is 0 Å². The number of hydrogen-bond acceptors (Lipinski definition) is 2. The Labute approximate surface area is 122 Å². The highest BCUT2D eigenvalue weighted by molar-refractivity contribution is 6.01. The van der Waals surface area contributed by atoms with Crippen LogP contribution in [-0.2, 0) is 11.2 Å². The summed E-state index contributed by atoms with van der Waals surface area (Å²) in [6.07, 6.45) is 1.81. The summed E-state index contributed by atoms with van der Waals surface area (Å²) in [7, 11) is 0. The van der Waals surface area contributed by atoms with E-state index in [9.17, 15) is 9.59 Å². The fourth-order valence-electron chi connectivity index (χ4n) is 2.96. The first-order chi connectivity index (χ1) is 10.1. The minimum absolute atomic E-state index is 0.0327. The molecule has 2 aromatic rings. The molecule has 0 unspecified atom stereocenters. The van der Waals surface area contributed by atoms with E-state index >= 15 is 0 Å². The zero-order valence-corrected chi connectivity index (χ0v) is 11.8. The van der Waals surface area contributed by atoms with Gasteiger partial charge in [0.2, 0.25) is 0 Å². The summed E-state index contributed by atoms with van der Waals surface area (Å²) in [5.41, 5.74) is 2.56. The van der Waals surface area contributed by atoms with Crippen LogP contribution in [0.15, 0.2) is 24.3 Å². The summed E-state index contributed by atoms with van der Waals surface area (Å²) in [6.45, 7) is 2.02. The van der Waals surface area contributed by atoms with Crippen LogP contribution in [0.3, 0.4) is 0 Å². The second kappa shape index (κ2) is 5.24. The number of carbonyl (C=O) groups excluding carboxylic acids is 1. The highest BCUT2D eigenvalue weighted by Gasteiger charge is 2.35. The Balaban J connectivity index is 1.77. The van der Waals surface area contributed by atoms with E-state index < -0.39 is 5.97 Å². The van der Waals surface area contributed by atoms with E-state index in [2.05, 4.69) is 10.3 Å². The number of nitrogens with one attached hydrogen (secondary N) is 2. The number of para-hydroxylation sites is 1.